The molecular weight excluding hydrogens is 348 g/mol. The van der Waals surface area contributed by atoms with E-state index in [2.05, 4.69) is 10.6 Å². The number of methoxy groups -OCH3 is 1. The second-order valence-corrected chi connectivity index (χ2v) is 5.66. The van der Waals surface area contributed by atoms with E-state index in [0.717, 1.165) is 11.1 Å². The highest BCUT2D eigenvalue weighted by Crippen LogP contribution is 2.29. The topological polar surface area (TPSA) is 117 Å². The number of nitrogens with zero attached hydrogens (tertiary/aromatic N) is 2. The Bertz CT molecular complexity index is 961. The molecule has 138 valence electrons. The minimum atomic E-state index is -0.570. The van der Waals surface area contributed by atoms with Gasteiger partial charge in [0.2, 0.25) is 0 Å². The molecule has 8 heteroatoms. The van der Waals surface area contributed by atoms with Crippen molar-refractivity contribution in [2.75, 3.05) is 17.7 Å². The number of anilines is 2. The standard InChI is InChI=1S/C19H18N4O4/c1-12-5-4-6-16(13(12)2)22-19(24)14(10-20)11-21-17-8-7-15(23(25)26)9-18(17)27-3/h4-9,11,21H,1-3H3,(H,22,24)/b14-11-. The third-order valence-corrected chi connectivity index (χ3v) is 3.99. The van der Waals surface area contributed by atoms with E-state index in [-0.39, 0.29) is 17.0 Å². The molecule has 0 unspecified atom stereocenters. The zero-order valence-corrected chi connectivity index (χ0v) is 15.1. The number of nitro groups is 1. The Hall–Kier alpha value is -3.86. The first kappa shape index (κ1) is 19.5. The Labute approximate surface area is 156 Å². The molecule has 1 amide bonds. The summed E-state index contributed by atoms with van der Waals surface area (Å²) in [5, 5.41) is 25.6. The Balaban J connectivity index is 2.21. The summed E-state index contributed by atoms with van der Waals surface area (Å²) in [6, 6.07) is 11.3. The molecule has 0 saturated heterocycles. The number of amides is 1. The maximum absolute atomic E-state index is 12.4. The summed E-state index contributed by atoms with van der Waals surface area (Å²) in [5.74, 6) is -0.354. The van der Waals surface area contributed by atoms with Crippen LogP contribution < -0.4 is 15.4 Å². The molecule has 2 rings (SSSR count). The van der Waals surface area contributed by atoms with Crippen LogP contribution in [0.3, 0.4) is 0 Å². The number of rotatable bonds is 6. The van der Waals surface area contributed by atoms with Crippen LogP contribution in [-0.4, -0.2) is 17.9 Å². The first-order valence-electron chi connectivity index (χ1n) is 7.94. The zero-order chi connectivity index (χ0) is 20.0. The van der Waals surface area contributed by atoms with Gasteiger partial charge in [0.15, 0.2) is 0 Å². The molecule has 8 nitrogen and oxygen atoms in total. The molecule has 0 aliphatic heterocycles. The number of ether oxygens (including phenoxy) is 1. The summed E-state index contributed by atoms with van der Waals surface area (Å²) in [6.07, 6.45) is 1.23. The summed E-state index contributed by atoms with van der Waals surface area (Å²) in [6.45, 7) is 3.80. The lowest BCUT2D eigenvalue weighted by atomic mass is 10.1. The average molecular weight is 366 g/mol. The number of hydrogen-bond acceptors (Lipinski definition) is 6. The molecule has 0 spiro atoms. The molecule has 2 N–H and O–H groups in total. The number of carbonyl (C=O) groups is 1. The number of nitriles is 1. The van der Waals surface area contributed by atoms with E-state index in [9.17, 15) is 20.2 Å². The Morgan fingerprint density at radius 3 is 2.63 bits per heavy atom. The molecule has 0 atom stereocenters. The van der Waals surface area contributed by atoms with E-state index in [1.807, 2.05) is 32.0 Å². The molecule has 2 aromatic carbocycles. The lowest BCUT2D eigenvalue weighted by Crippen LogP contribution is -2.15. The first-order valence-corrected chi connectivity index (χ1v) is 7.94. The molecule has 0 saturated carbocycles. The van der Waals surface area contributed by atoms with Crippen molar-refractivity contribution in [2.45, 2.75) is 13.8 Å². The third kappa shape index (κ3) is 4.61. The molecule has 0 aliphatic rings. The molecule has 0 bridgehead atoms. The average Bonchev–Trinajstić information content (AvgIpc) is 2.65. The largest absolute Gasteiger partial charge is 0.494 e. The lowest BCUT2D eigenvalue weighted by Gasteiger charge is -2.11. The third-order valence-electron chi connectivity index (χ3n) is 3.99. The van der Waals surface area contributed by atoms with Gasteiger partial charge in [-0.15, -0.1) is 0 Å². The summed E-state index contributed by atoms with van der Waals surface area (Å²) in [5.41, 5.74) is 2.65. The number of nitro benzene ring substituents is 1. The van der Waals surface area contributed by atoms with Gasteiger partial charge in [0.05, 0.1) is 23.8 Å². The van der Waals surface area contributed by atoms with E-state index < -0.39 is 10.8 Å². The Kier molecular flexibility index (Phi) is 6.12. The Morgan fingerprint density at radius 2 is 2.00 bits per heavy atom. The smallest absolute Gasteiger partial charge is 0.273 e. The SMILES string of the molecule is COc1cc([N+](=O)[O-])ccc1N/C=C(/C#N)C(=O)Nc1cccc(C)c1C. The van der Waals surface area contributed by atoms with Crippen molar-refractivity contribution in [3.63, 3.8) is 0 Å². The fourth-order valence-corrected chi connectivity index (χ4v) is 2.29. The van der Waals surface area contributed by atoms with Crippen LogP contribution in [-0.2, 0) is 4.79 Å². The van der Waals surface area contributed by atoms with Gasteiger partial charge >= 0.3 is 0 Å². The fourth-order valence-electron chi connectivity index (χ4n) is 2.29. The van der Waals surface area contributed by atoms with Crippen molar-refractivity contribution in [3.05, 3.63) is 69.4 Å². The van der Waals surface area contributed by atoms with Crippen molar-refractivity contribution in [1.29, 1.82) is 5.26 Å². The normalized spacial score (nSPS) is 10.7. The molecular formula is C19H18N4O4. The predicted molar refractivity (Wildman–Crippen MR) is 102 cm³/mol. The number of nitrogens with one attached hydrogen (secondary N) is 2. The van der Waals surface area contributed by atoms with Gasteiger partial charge in [-0.3, -0.25) is 14.9 Å². The van der Waals surface area contributed by atoms with Crippen molar-refractivity contribution in [2.24, 2.45) is 0 Å². The quantitative estimate of drug-likeness (QED) is 0.348. The second kappa shape index (κ2) is 8.49. The van der Waals surface area contributed by atoms with E-state index in [1.165, 1.54) is 31.5 Å². The summed E-state index contributed by atoms with van der Waals surface area (Å²) < 4.78 is 5.11. The van der Waals surface area contributed by atoms with Crippen molar-refractivity contribution < 1.29 is 14.5 Å². The van der Waals surface area contributed by atoms with Gasteiger partial charge in [0.25, 0.3) is 11.6 Å². The molecule has 27 heavy (non-hydrogen) atoms. The monoisotopic (exact) mass is 366 g/mol. The van der Waals surface area contributed by atoms with Gasteiger partial charge < -0.3 is 15.4 Å². The van der Waals surface area contributed by atoms with Gasteiger partial charge in [0, 0.05) is 18.0 Å². The second-order valence-electron chi connectivity index (χ2n) is 5.66. The van der Waals surface area contributed by atoms with Gasteiger partial charge in [-0.05, 0) is 37.1 Å². The predicted octanol–water partition coefficient (Wildman–Crippen LogP) is 3.68. The molecule has 0 aliphatic carbocycles. The van der Waals surface area contributed by atoms with Gasteiger partial charge in [-0.2, -0.15) is 5.26 Å². The maximum Gasteiger partial charge on any atom is 0.273 e. The number of hydrogen-bond donors (Lipinski definition) is 2. The van der Waals surface area contributed by atoms with E-state index in [1.54, 1.807) is 6.07 Å². The van der Waals surface area contributed by atoms with Crippen molar-refractivity contribution in [1.82, 2.24) is 0 Å². The number of carbonyl (C=O) groups excluding carboxylic acids is 1. The fraction of sp³-hybridized carbons (Fsp3) is 0.158. The van der Waals surface area contributed by atoms with Crippen LogP contribution in [0.5, 0.6) is 5.75 Å². The highest BCUT2D eigenvalue weighted by molar-refractivity contribution is 6.07. The molecule has 0 heterocycles. The van der Waals surface area contributed by atoms with Crippen molar-refractivity contribution >= 4 is 23.0 Å². The van der Waals surface area contributed by atoms with Gasteiger partial charge in [-0.1, -0.05) is 12.1 Å². The highest BCUT2D eigenvalue weighted by atomic mass is 16.6. The van der Waals surface area contributed by atoms with E-state index in [0.29, 0.717) is 11.4 Å². The highest BCUT2D eigenvalue weighted by Gasteiger charge is 2.13. The lowest BCUT2D eigenvalue weighted by molar-refractivity contribution is -0.384. The summed E-state index contributed by atoms with van der Waals surface area (Å²) in [7, 11) is 1.37. The molecule has 0 radical (unpaired) electrons. The van der Waals surface area contributed by atoms with Crippen LogP contribution >= 0.6 is 0 Å². The number of benzene rings is 2. The number of non-ortho nitro benzene ring substituents is 1. The van der Waals surface area contributed by atoms with E-state index in [4.69, 9.17) is 4.74 Å². The summed E-state index contributed by atoms with van der Waals surface area (Å²) in [4.78, 5) is 22.7. The maximum atomic E-state index is 12.4. The Morgan fingerprint density at radius 1 is 1.26 bits per heavy atom. The molecule has 2 aromatic rings. The van der Waals surface area contributed by atoms with Crippen LogP contribution in [0.4, 0.5) is 17.1 Å². The van der Waals surface area contributed by atoms with Crippen LogP contribution in [0.15, 0.2) is 48.2 Å². The minimum absolute atomic E-state index is 0.130. The molecule has 0 fully saturated rings. The summed E-state index contributed by atoms with van der Waals surface area (Å²) >= 11 is 0. The number of aryl methyl sites for hydroxylation is 1. The van der Waals surface area contributed by atoms with Crippen LogP contribution in [0.1, 0.15) is 11.1 Å². The van der Waals surface area contributed by atoms with Gasteiger partial charge in [-0.25, -0.2) is 0 Å². The van der Waals surface area contributed by atoms with Crippen LogP contribution in [0.25, 0.3) is 0 Å². The first-order chi connectivity index (χ1) is 12.9. The van der Waals surface area contributed by atoms with Gasteiger partial charge in [0.1, 0.15) is 17.4 Å². The zero-order valence-electron chi connectivity index (χ0n) is 15.1. The van der Waals surface area contributed by atoms with Crippen LogP contribution in [0.2, 0.25) is 0 Å². The minimum Gasteiger partial charge on any atom is -0.494 e. The molecule has 0 aromatic heterocycles. The van der Waals surface area contributed by atoms with Crippen molar-refractivity contribution in [3.8, 4) is 11.8 Å². The van der Waals surface area contributed by atoms with Crippen LogP contribution in [0, 0.1) is 35.3 Å². The van der Waals surface area contributed by atoms with E-state index >= 15 is 0 Å².